The second kappa shape index (κ2) is 8.49. The highest BCUT2D eigenvalue weighted by atomic mass is 19.1. The molecule has 2 aliphatic heterocycles. The van der Waals surface area contributed by atoms with Crippen LogP contribution in [0.5, 0.6) is 5.75 Å². The molecule has 0 bridgehead atoms. The third kappa shape index (κ3) is 3.86. The lowest BCUT2D eigenvalue weighted by Crippen LogP contribution is -2.52. The molecule has 4 amide bonds. The molecule has 2 fully saturated rings. The summed E-state index contributed by atoms with van der Waals surface area (Å²) in [5.74, 6) is -0.494. The van der Waals surface area contributed by atoms with Crippen LogP contribution in [-0.2, 0) is 15.1 Å². The van der Waals surface area contributed by atoms with Gasteiger partial charge in [-0.2, -0.15) is 0 Å². The Kier molecular flexibility index (Phi) is 5.73. The van der Waals surface area contributed by atoms with E-state index in [0.29, 0.717) is 31.7 Å². The van der Waals surface area contributed by atoms with Gasteiger partial charge >= 0.3 is 6.03 Å². The number of halogens is 1. The first kappa shape index (κ1) is 21.6. The van der Waals surface area contributed by atoms with Crippen LogP contribution in [-0.4, -0.2) is 67.5 Å². The predicted octanol–water partition coefficient (Wildman–Crippen LogP) is 1.95. The first-order valence-corrected chi connectivity index (χ1v) is 10.4. The molecule has 2 aromatic rings. The molecular weight excluding hydrogens is 415 g/mol. The minimum atomic E-state index is -1.34. The summed E-state index contributed by atoms with van der Waals surface area (Å²) in [7, 11) is 1.62. The molecule has 1 N–H and O–H groups in total. The minimum Gasteiger partial charge on any atom is -0.495 e. The number of carbonyl (C=O) groups excluding carboxylic acids is 3. The van der Waals surface area contributed by atoms with Gasteiger partial charge in [-0.1, -0.05) is 24.3 Å². The lowest BCUT2D eigenvalue weighted by Gasteiger charge is -2.37. The number of hydrogen-bond acceptors (Lipinski definition) is 5. The number of nitrogens with zero attached hydrogens (tertiary/aromatic N) is 3. The highest BCUT2D eigenvalue weighted by Crippen LogP contribution is 2.30. The standard InChI is InChI=1S/C23H25FN4O4/c1-23(16-7-9-17(24)10-8-16)21(30)28(22(31)25-23)15-20(29)27-13-11-26(12-14-27)18-5-3-4-6-19(18)32-2/h3-10H,11-15H2,1-2H3,(H,25,31). The van der Waals surface area contributed by atoms with Crippen LogP contribution in [0.1, 0.15) is 12.5 Å². The van der Waals surface area contributed by atoms with Gasteiger partial charge in [0.15, 0.2) is 0 Å². The number of imide groups is 1. The summed E-state index contributed by atoms with van der Waals surface area (Å²) in [6, 6.07) is 12.4. The Morgan fingerprint density at radius 1 is 1.06 bits per heavy atom. The number of benzene rings is 2. The maximum Gasteiger partial charge on any atom is 0.325 e. The molecule has 4 rings (SSSR count). The van der Waals surface area contributed by atoms with E-state index in [-0.39, 0.29) is 12.5 Å². The van der Waals surface area contributed by atoms with Gasteiger partial charge in [-0.15, -0.1) is 0 Å². The Labute approximate surface area is 185 Å². The highest BCUT2D eigenvalue weighted by Gasteiger charge is 2.49. The van der Waals surface area contributed by atoms with Gasteiger partial charge in [-0.05, 0) is 36.8 Å². The van der Waals surface area contributed by atoms with Crippen LogP contribution in [0.3, 0.4) is 0 Å². The summed E-state index contributed by atoms with van der Waals surface area (Å²) >= 11 is 0. The van der Waals surface area contributed by atoms with Gasteiger partial charge in [-0.3, -0.25) is 14.5 Å². The third-order valence-electron chi connectivity index (χ3n) is 6.05. The number of carbonyl (C=O) groups is 3. The van der Waals surface area contributed by atoms with Crippen molar-refractivity contribution < 1.29 is 23.5 Å². The summed E-state index contributed by atoms with van der Waals surface area (Å²) in [4.78, 5) is 43.1. The van der Waals surface area contributed by atoms with E-state index in [1.165, 1.54) is 24.3 Å². The molecule has 32 heavy (non-hydrogen) atoms. The molecule has 0 radical (unpaired) electrons. The monoisotopic (exact) mass is 440 g/mol. The van der Waals surface area contributed by atoms with Gasteiger partial charge in [0.05, 0.1) is 12.8 Å². The number of hydrogen-bond donors (Lipinski definition) is 1. The van der Waals surface area contributed by atoms with E-state index in [1.807, 2.05) is 24.3 Å². The summed E-state index contributed by atoms with van der Waals surface area (Å²) in [5.41, 5.74) is 0.0806. The van der Waals surface area contributed by atoms with Crippen LogP contribution < -0.4 is 15.0 Å². The average molecular weight is 440 g/mol. The van der Waals surface area contributed by atoms with Gasteiger partial charge in [0, 0.05) is 26.2 Å². The van der Waals surface area contributed by atoms with E-state index in [4.69, 9.17) is 4.74 Å². The van der Waals surface area contributed by atoms with E-state index < -0.39 is 23.3 Å². The first-order valence-electron chi connectivity index (χ1n) is 10.4. The molecule has 0 aliphatic carbocycles. The zero-order valence-electron chi connectivity index (χ0n) is 18.0. The SMILES string of the molecule is COc1ccccc1N1CCN(C(=O)CN2C(=O)NC(C)(c3ccc(F)cc3)C2=O)CC1. The van der Waals surface area contributed by atoms with Crippen molar-refractivity contribution in [2.45, 2.75) is 12.5 Å². The van der Waals surface area contributed by atoms with E-state index >= 15 is 0 Å². The lowest BCUT2D eigenvalue weighted by molar-refractivity contribution is -0.139. The number of nitrogens with one attached hydrogen (secondary N) is 1. The van der Waals surface area contributed by atoms with Gasteiger partial charge < -0.3 is 19.9 Å². The number of piperazine rings is 1. The molecule has 168 valence electrons. The smallest absolute Gasteiger partial charge is 0.325 e. The molecule has 1 atom stereocenters. The Hall–Kier alpha value is -3.62. The number of methoxy groups -OCH3 is 1. The largest absolute Gasteiger partial charge is 0.495 e. The molecule has 0 aromatic heterocycles. The summed E-state index contributed by atoms with van der Waals surface area (Å²) in [6.07, 6.45) is 0. The molecule has 2 aliphatic rings. The summed E-state index contributed by atoms with van der Waals surface area (Å²) in [6.45, 7) is 3.37. The fourth-order valence-electron chi connectivity index (χ4n) is 4.14. The molecule has 1 unspecified atom stereocenters. The van der Waals surface area contributed by atoms with Gasteiger partial charge in [-0.25, -0.2) is 9.18 Å². The molecule has 8 nitrogen and oxygen atoms in total. The van der Waals surface area contributed by atoms with Crippen molar-refractivity contribution in [3.05, 3.63) is 59.9 Å². The van der Waals surface area contributed by atoms with Crippen LogP contribution >= 0.6 is 0 Å². The Morgan fingerprint density at radius 3 is 2.38 bits per heavy atom. The second-order valence-corrected chi connectivity index (χ2v) is 7.99. The normalized spacial score (nSPS) is 21.0. The van der Waals surface area contributed by atoms with Crippen LogP contribution in [0.15, 0.2) is 48.5 Å². The zero-order valence-corrected chi connectivity index (χ0v) is 18.0. The van der Waals surface area contributed by atoms with Crippen LogP contribution in [0, 0.1) is 5.82 Å². The minimum absolute atomic E-state index is 0.295. The van der Waals surface area contributed by atoms with Gasteiger partial charge in [0.1, 0.15) is 23.7 Å². The maximum absolute atomic E-state index is 13.3. The van der Waals surface area contributed by atoms with Crippen molar-refractivity contribution in [1.29, 1.82) is 0 Å². The molecule has 0 spiro atoms. The molecule has 2 heterocycles. The Morgan fingerprint density at radius 2 is 1.72 bits per heavy atom. The van der Waals surface area contributed by atoms with Crippen molar-refractivity contribution in [2.75, 3.05) is 44.7 Å². The van der Waals surface area contributed by atoms with Crippen LogP contribution in [0.4, 0.5) is 14.9 Å². The van der Waals surface area contributed by atoms with E-state index in [1.54, 1.807) is 18.9 Å². The average Bonchev–Trinajstić information content (AvgIpc) is 3.03. The second-order valence-electron chi connectivity index (χ2n) is 7.99. The quantitative estimate of drug-likeness (QED) is 0.719. The number of urea groups is 1. The van der Waals surface area contributed by atoms with Crippen molar-refractivity contribution >= 4 is 23.5 Å². The van der Waals surface area contributed by atoms with E-state index in [2.05, 4.69) is 10.2 Å². The number of anilines is 1. The van der Waals surface area contributed by atoms with Gasteiger partial charge in [0.25, 0.3) is 5.91 Å². The van der Waals surface area contributed by atoms with Crippen LogP contribution in [0.25, 0.3) is 0 Å². The lowest BCUT2D eigenvalue weighted by atomic mass is 9.92. The molecule has 2 aromatic carbocycles. The molecular formula is C23H25FN4O4. The van der Waals surface area contributed by atoms with E-state index in [0.717, 1.165) is 16.3 Å². The molecule has 9 heteroatoms. The number of amides is 4. The fraction of sp³-hybridized carbons (Fsp3) is 0.348. The maximum atomic E-state index is 13.3. The summed E-state index contributed by atoms with van der Waals surface area (Å²) < 4.78 is 18.7. The van der Waals surface area contributed by atoms with Crippen molar-refractivity contribution in [2.24, 2.45) is 0 Å². The number of rotatable bonds is 5. The Balaban J connectivity index is 1.40. The van der Waals surface area contributed by atoms with Gasteiger partial charge in [0.2, 0.25) is 5.91 Å². The first-order chi connectivity index (χ1) is 15.3. The van der Waals surface area contributed by atoms with Crippen molar-refractivity contribution in [1.82, 2.24) is 15.1 Å². The molecule has 0 saturated carbocycles. The van der Waals surface area contributed by atoms with E-state index in [9.17, 15) is 18.8 Å². The predicted molar refractivity (Wildman–Crippen MR) is 116 cm³/mol. The topological polar surface area (TPSA) is 82.2 Å². The zero-order chi connectivity index (χ0) is 22.9. The molecule has 2 saturated heterocycles. The Bertz CT molecular complexity index is 1040. The number of para-hydroxylation sites is 2. The highest BCUT2D eigenvalue weighted by molar-refractivity contribution is 6.09. The van der Waals surface area contributed by atoms with Crippen molar-refractivity contribution in [3.8, 4) is 5.75 Å². The van der Waals surface area contributed by atoms with Crippen LogP contribution in [0.2, 0.25) is 0 Å². The van der Waals surface area contributed by atoms with Crippen molar-refractivity contribution in [3.63, 3.8) is 0 Å². The summed E-state index contributed by atoms with van der Waals surface area (Å²) in [5, 5.41) is 2.64. The fourth-order valence-corrected chi connectivity index (χ4v) is 4.14. The third-order valence-corrected chi connectivity index (χ3v) is 6.05. The number of ether oxygens (including phenoxy) is 1.